The number of para-hydroxylation sites is 1. The SMILES string of the molecule is COc1ccc(C=C2Sc3ccccc3N(CC(=O)N3CCCCC3)C2=O)cc1Br. The van der Waals surface area contributed by atoms with E-state index in [9.17, 15) is 9.59 Å². The number of thioether (sulfide) groups is 1. The van der Waals surface area contributed by atoms with Gasteiger partial charge >= 0.3 is 0 Å². The number of hydrogen-bond acceptors (Lipinski definition) is 4. The van der Waals surface area contributed by atoms with Crippen LogP contribution in [0.2, 0.25) is 0 Å². The lowest BCUT2D eigenvalue weighted by atomic mass is 10.1. The molecule has 0 aromatic heterocycles. The largest absolute Gasteiger partial charge is 0.496 e. The minimum absolute atomic E-state index is 0.0105. The van der Waals surface area contributed by atoms with Crippen molar-refractivity contribution in [2.45, 2.75) is 24.2 Å². The Hall–Kier alpha value is -2.25. The number of halogens is 1. The van der Waals surface area contributed by atoms with Crippen LogP contribution in [0.3, 0.4) is 0 Å². The molecule has 2 aromatic rings. The first-order chi connectivity index (χ1) is 14.6. The van der Waals surface area contributed by atoms with Crippen LogP contribution in [0.25, 0.3) is 6.08 Å². The van der Waals surface area contributed by atoms with Gasteiger partial charge in [-0.3, -0.25) is 14.5 Å². The number of hydrogen-bond donors (Lipinski definition) is 0. The van der Waals surface area contributed by atoms with Crippen molar-refractivity contribution in [2.24, 2.45) is 0 Å². The number of likely N-dealkylation sites (tertiary alicyclic amines) is 1. The average molecular weight is 487 g/mol. The lowest BCUT2D eigenvalue weighted by molar-refractivity contribution is -0.131. The molecule has 0 aliphatic carbocycles. The van der Waals surface area contributed by atoms with Gasteiger partial charge in [0, 0.05) is 18.0 Å². The summed E-state index contributed by atoms with van der Waals surface area (Å²) in [4.78, 5) is 31.3. The highest BCUT2D eigenvalue weighted by Crippen LogP contribution is 2.42. The van der Waals surface area contributed by atoms with Crippen LogP contribution >= 0.6 is 27.7 Å². The zero-order valence-electron chi connectivity index (χ0n) is 16.8. The molecule has 2 heterocycles. The summed E-state index contributed by atoms with van der Waals surface area (Å²) in [5.74, 6) is 0.603. The molecule has 1 fully saturated rings. The van der Waals surface area contributed by atoms with Gasteiger partial charge in [-0.2, -0.15) is 0 Å². The molecule has 2 aliphatic rings. The number of rotatable bonds is 4. The second-order valence-electron chi connectivity index (χ2n) is 7.31. The molecule has 30 heavy (non-hydrogen) atoms. The van der Waals surface area contributed by atoms with E-state index >= 15 is 0 Å². The second-order valence-corrected chi connectivity index (χ2v) is 9.24. The molecule has 0 N–H and O–H groups in total. The maximum absolute atomic E-state index is 13.3. The number of methoxy groups -OCH3 is 1. The van der Waals surface area contributed by atoms with Gasteiger partial charge in [0.2, 0.25) is 5.91 Å². The Morgan fingerprint density at radius 3 is 2.67 bits per heavy atom. The molecule has 0 spiro atoms. The van der Waals surface area contributed by atoms with Crippen LogP contribution in [0.15, 0.2) is 56.7 Å². The first-order valence-corrected chi connectivity index (χ1v) is 11.6. The van der Waals surface area contributed by atoms with Gasteiger partial charge in [0.15, 0.2) is 0 Å². The highest BCUT2D eigenvalue weighted by atomic mass is 79.9. The fourth-order valence-corrected chi connectivity index (χ4v) is 5.34. The summed E-state index contributed by atoms with van der Waals surface area (Å²) in [7, 11) is 1.62. The fraction of sp³-hybridized carbons (Fsp3) is 0.304. The molecular weight excluding hydrogens is 464 g/mol. The van der Waals surface area contributed by atoms with E-state index in [0.29, 0.717) is 4.91 Å². The summed E-state index contributed by atoms with van der Waals surface area (Å²) < 4.78 is 6.11. The van der Waals surface area contributed by atoms with Gasteiger partial charge in [0.05, 0.1) is 22.2 Å². The van der Waals surface area contributed by atoms with E-state index in [1.54, 1.807) is 12.0 Å². The predicted octanol–water partition coefficient (Wildman–Crippen LogP) is 4.95. The van der Waals surface area contributed by atoms with Crippen LogP contribution in [0.1, 0.15) is 24.8 Å². The molecule has 7 heteroatoms. The summed E-state index contributed by atoms with van der Waals surface area (Å²) in [6.07, 6.45) is 5.09. The second kappa shape index (κ2) is 9.27. The number of amides is 2. The molecule has 2 aromatic carbocycles. The Morgan fingerprint density at radius 1 is 1.17 bits per heavy atom. The summed E-state index contributed by atoms with van der Waals surface area (Å²) in [6.45, 7) is 1.62. The molecule has 0 radical (unpaired) electrons. The standard InChI is InChI=1S/C23H23BrN2O3S/c1-29-19-10-9-16(13-17(19)24)14-21-23(28)26(18-7-3-4-8-20(18)30-21)15-22(27)25-11-5-2-6-12-25/h3-4,7-10,13-14H,2,5-6,11-12,15H2,1H3. The average Bonchev–Trinajstić information content (AvgIpc) is 2.77. The minimum atomic E-state index is -0.143. The van der Waals surface area contributed by atoms with Crippen molar-refractivity contribution in [3.8, 4) is 5.75 Å². The molecule has 4 rings (SSSR count). The quantitative estimate of drug-likeness (QED) is 0.573. The molecule has 0 atom stereocenters. The van der Waals surface area contributed by atoms with E-state index in [1.807, 2.05) is 53.4 Å². The third-order valence-corrected chi connectivity index (χ3v) is 7.00. The predicted molar refractivity (Wildman–Crippen MR) is 124 cm³/mol. The highest BCUT2D eigenvalue weighted by molar-refractivity contribution is 9.10. The third-order valence-electron chi connectivity index (χ3n) is 5.31. The number of fused-ring (bicyclic) bond motifs is 1. The molecule has 1 saturated heterocycles. The summed E-state index contributed by atoms with van der Waals surface area (Å²) >= 11 is 4.94. The first kappa shape index (κ1) is 21.0. The molecule has 156 valence electrons. The third kappa shape index (κ3) is 4.42. The summed E-state index contributed by atoms with van der Waals surface area (Å²) in [5.41, 5.74) is 1.69. The Labute approximate surface area is 189 Å². The minimum Gasteiger partial charge on any atom is -0.496 e. The smallest absolute Gasteiger partial charge is 0.265 e. The van der Waals surface area contributed by atoms with Crippen LogP contribution in [0.4, 0.5) is 5.69 Å². The monoisotopic (exact) mass is 486 g/mol. The van der Waals surface area contributed by atoms with Crippen molar-refractivity contribution in [2.75, 3.05) is 31.6 Å². The molecule has 2 amide bonds. The van der Waals surface area contributed by atoms with Gasteiger partial charge < -0.3 is 9.64 Å². The van der Waals surface area contributed by atoms with E-state index in [4.69, 9.17) is 4.74 Å². The normalized spacial score (nSPS) is 17.8. The number of carbonyl (C=O) groups is 2. The number of benzene rings is 2. The Kier molecular flexibility index (Phi) is 6.49. The molecule has 2 aliphatic heterocycles. The molecular formula is C23H23BrN2O3S. The van der Waals surface area contributed by atoms with Crippen LogP contribution in [-0.2, 0) is 9.59 Å². The highest BCUT2D eigenvalue weighted by Gasteiger charge is 2.31. The van der Waals surface area contributed by atoms with E-state index in [1.165, 1.54) is 11.8 Å². The van der Waals surface area contributed by atoms with E-state index in [0.717, 1.165) is 58.7 Å². The van der Waals surface area contributed by atoms with Crippen molar-refractivity contribution in [3.63, 3.8) is 0 Å². The summed E-state index contributed by atoms with van der Waals surface area (Å²) in [5, 5.41) is 0. The number of anilines is 1. The number of piperidine rings is 1. The van der Waals surface area contributed by atoms with Crippen molar-refractivity contribution >= 4 is 51.3 Å². The number of carbonyl (C=O) groups excluding carboxylic acids is 2. The lowest BCUT2D eigenvalue weighted by Crippen LogP contribution is -2.46. The van der Waals surface area contributed by atoms with Crippen molar-refractivity contribution in [1.82, 2.24) is 4.90 Å². The number of ether oxygens (including phenoxy) is 1. The van der Waals surface area contributed by atoms with Gasteiger partial charge in [-0.1, -0.05) is 30.0 Å². The lowest BCUT2D eigenvalue weighted by Gasteiger charge is -2.33. The van der Waals surface area contributed by atoms with Gasteiger partial charge in [0.25, 0.3) is 5.91 Å². The molecule has 0 bridgehead atoms. The Morgan fingerprint density at radius 2 is 1.93 bits per heavy atom. The maximum atomic E-state index is 13.3. The molecule has 0 unspecified atom stereocenters. The maximum Gasteiger partial charge on any atom is 0.265 e. The van der Waals surface area contributed by atoms with Crippen molar-refractivity contribution in [3.05, 3.63) is 57.4 Å². The zero-order chi connectivity index (χ0) is 21.1. The van der Waals surface area contributed by atoms with Gasteiger partial charge in [-0.05, 0) is 71.1 Å². The first-order valence-electron chi connectivity index (χ1n) is 9.98. The van der Waals surface area contributed by atoms with E-state index in [-0.39, 0.29) is 18.4 Å². The van der Waals surface area contributed by atoms with Gasteiger partial charge in [-0.15, -0.1) is 0 Å². The van der Waals surface area contributed by atoms with Crippen LogP contribution in [0.5, 0.6) is 5.75 Å². The topological polar surface area (TPSA) is 49.9 Å². The van der Waals surface area contributed by atoms with Crippen molar-refractivity contribution in [1.29, 1.82) is 0 Å². The van der Waals surface area contributed by atoms with E-state index in [2.05, 4.69) is 15.9 Å². The van der Waals surface area contributed by atoms with Crippen molar-refractivity contribution < 1.29 is 14.3 Å². The Bertz CT molecular complexity index is 1000. The van der Waals surface area contributed by atoms with Crippen LogP contribution < -0.4 is 9.64 Å². The van der Waals surface area contributed by atoms with E-state index < -0.39 is 0 Å². The zero-order valence-corrected chi connectivity index (χ0v) is 19.2. The van der Waals surface area contributed by atoms with Gasteiger partial charge in [0.1, 0.15) is 12.3 Å². The number of nitrogens with zero attached hydrogens (tertiary/aromatic N) is 2. The fourth-order valence-electron chi connectivity index (χ4n) is 3.72. The molecule has 0 saturated carbocycles. The Balaban J connectivity index is 1.63. The van der Waals surface area contributed by atoms with Crippen LogP contribution in [0, 0.1) is 0 Å². The summed E-state index contributed by atoms with van der Waals surface area (Å²) in [6, 6.07) is 13.4. The van der Waals surface area contributed by atoms with Crippen LogP contribution in [-0.4, -0.2) is 43.5 Å². The van der Waals surface area contributed by atoms with Gasteiger partial charge in [-0.25, -0.2) is 0 Å². The molecule has 5 nitrogen and oxygen atoms in total.